The fourth-order valence-electron chi connectivity index (χ4n) is 1.48. The summed E-state index contributed by atoms with van der Waals surface area (Å²) in [5, 5.41) is 14.1. The van der Waals surface area contributed by atoms with E-state index in [1.165, 1.54) is 24.3 Å². The summed E-state index contributed by atoms with van der Waals surface area (Å²) in [6.45, 7) is 0. The van der Waals surface area contributed by atoms with Crippen LogP contribution >= 0.6 is 11.6 Å². The van der Waals surface area contributed by atoms with E-state index in [0.29, 0.717) is 5.56 Å². The molecule has 2 aromatic carbocycles. The Hall–Kier alpha value is -2.73. The highest BCUT2D eigenvalue weighted by atomic mass is 35.5. The maximum absolute atomic E-state index is 11.7. The summed E-state index contributed by atoms with van der Waals surface area (Å²) >= 11 is 5.89. The molecule has 0 radical (unpaired) electrons. The molecule has 0 bridgehead atoms. The van der Waals surface area contributed by atoms with Crippen LogP contribution in [0, 0.1) is 10.1 Å². The van der Waals surface area contributed by atoms with Gasteiger partial charge in [-0.1, -0.05) is 47.1 Å². The number of benzene rings is 2. The van der Waals surface area contributed by atoms with Crippen LogP contribution in [0.15, 0.2) is 59.8 Å². The van der Waals surface area contributed by atoms with Crippen molar-refractivity contribution in [3.8, 4) is 0 Å². The first kappa shape index (κ1) is 14.7. The Labute approximate surface area is 124 Å². The number of hydrogen-bond donors (Lipinski definition) is 0. The van der Waals surface area contributed by atoms with E-state index >= 15 is 0 Å². The van der Waals surface area contributed by atoms with Gasteiger partial charge in [-0.3, -0.25) is 10.1 Å². The van der Waals surface area contributed by atoms with Crippen LogP contribution in [0.2, 0.25) is 0 Å². The van der Waals surface area contributed by atoms with Crippen LogP contribution in [0.4, 0.5) is 5.69 Å². The highest BCUT2D eigenvalue weighted by Gasteiger charge is 2.11. The second kappa shape index (κ2) is 6.62. The van der Waals surface area contributed by atoms with Crippen LogP contribution in [0.25, 0.3) is 0 Å². The van der Waals surface area contributed by atoms with E-state index in [0.717, 1.165) is 0 Å². The van der Waals surface area contributed by atoms with E-state index in [9.17, 15) is 14.9 Å². The number of carbonyl (C=O) groups is 1. The molecule has 0 atom stereocenters. The van der Waals surface area contributed by atoms with Gasteiger partial charge in [0.15, 0.2) is 5.17 Å². The summed E-state index contributed by atoms with van der Waals surface area (Å²) in [4.78, 5) is 26.3. The molecule has 0 aliphatic heterocycles. The molecule has 0 aliphatic rings. The number of nitro benzene ring substituents is 1. The van der Waals surface area contributed by atoms with E-state index in [-0.39, 0.29) is 16.4 Å². The molecular formula is C14H9ClN2O4. The number of nitrogens with zero attached hydrogens (tertiary/aromatic N) is 2. The molecule has 6 nitrogen and oxygen atoms in total. The third-order valence-corrected chi connectivity index (χ3v) is 2.82. The minimum Gasteiger partial charge on any atom is -0.311 e. The number of oxime groups is 1. The molecule has 0 fully saturated rings. The second-order valence-electron chi connectivity index (χ2n) is 3.93. The van der Waals surface area contributed by atoms with Crippen molar-refractivity contribution < 1.29 is 14.6 Å². The van der Waals surface area contributed by atoms with Gasteiger partial charge in [0, 0.05) is 17.7 Å². The number of hydrogen-bond acceptors (Lipinski definition) is 5. The lowest BCUT2D eigenvalue weighted by Gasteiger charge is -2.00. The van der Waals surface area contributed by atoms with Crippen LogP contribution in [0.3, 0.4) is 0 Å². The van der Waals surface area contributed by atoms with Crippen molar-refractivity contribution in [2.45, 2.75) is 0 Å². The maximum atomic E-state index is 11.7. The fourth-order valence-corrected chi connectivity index (χ4v) is 1.64. The van der Waals surface area contributed by atoms with Gasteiger partial charge in [0.1, 0.15) is 0 Å². The zero-order valence-corrected chi connectivity index (χ0v) is 11.4. The normalized spacial score (nSPS) is 11.0. The molecule has 0 saturated carbocycles. The average Bonchev–Trinajstić information content (AvgIpc) is 2.53. The Balaban J connectivity index is 2.06. The molecule has 0 aliphatic carbocycles. The minimum atomic E-state index is -0.751. The van der Waals surface area contributed by atoms with E-state index in [4.69, 9.17) is 16.4 Å². The van der Waals surface area contributed by atoms with Crippen molar-refractivity contribution >= 4 is 28.4 Å². The third kappa shape index (κ3) is 3.87. The summed E-state index contributed by atoms with van der Waals surface area (Å²) in [7, 11) is 0. The smallest absolute Gasteiger partial charge is 0.311 e. The van der Waals surface area contributed by atoms with Crippen molar-refractivity contribution in [1.29, 1.82) is 0 Å². The summed E-state index contributed by atoms with van der Waals surface area (Å²) in [5.41, 5.74) is 0.634. The molecule has 0 heterocycles. The van der Waals surface area contributed by atoms with Crippen molar-refractivity contribution in [2.75, 3.05) is 0 Å². The fraction of sp³-hybridized carbons (Fsp3) is 0. The van der Waals surface area contributed by atoms with Gasteiger partial charge in [-0.15, -0.1) is 0 Å². The van der Waals surface area contributed by atoms with E-state index < -0.39 is 10.9 Å². The van der Waals surface area contributed by atoms with Gasteiger partial charge in [-0.2, -0.15) is 0 Å². The number of non-ortho nitro benzene ring substituents is 1. The molecule has 2 aromatic rings. The SMILES string of the molecule is O=C(O/N=C(\Cl)c1ccccc1)c1ccc([N+](=O)[O-])cc1. The summed E-state index contributed by atoms with van der Waals surface area (Å²) < 4.78 is 0. The van der Waals surface area contributed by atoms with E-state index in [1.54, 1.807) is 24.3 Å². The van der Waals surface area contributed by atoms with Crippen LogP contribution in [-0.2, 0) is 4.84 Å². The van der Waals surface area contributed by atoms with Crippen molar-refractivity contribution in [3.05, 3.63) is 75.8 Å². The van der Waals surface area contributed by atoms with Gasteiger partial charge in [-0.25, -0.2) is 4.79 Å². The van der Waals surface area contributed by atoms with Crippen molar-refractivity contribution in [2.24, 2.45) is 5.16 Å². The molecule has 0 aromatic heterocycles. The van der Waals surface area contributed by atoms with E-state index in [1.807, 2.05) is 6.07 Å². The first-order valence-corrected chi connectivity index (χ1v) is 6.20. The monoisotopic (exact) mass is 304 g/mol. The Morgan fingerprint density at radius 3 is 2.24 bits per heavy atom. The molecule has 0 saturated heterocycles. The predicted octanol–water partition coefficient (Wildman–Crippen LogP) is 3.35. The Morgan fingerprint density at radius 1 is 1.05 bits per heavy atom. The number of halogens is 1. The Kier molecular flexibility index (Phi) is 4.63. The lowest BCUT2D eigenvalue weighted by molar-refractivity contribution is -0.384. The maximum Gasteiger partial charge on any atom is 0.365 e. The molecule has 106 valence electrons. The number of rotatable bonds is 4. The van der Waals surface area contributed by atoms with Crippen LogP contribution < -0.4 is 0 Å². The molecule has 0 N–H and O–H groups in total. The van der Waals surface area contributed by atoms with Crippen molar-refractivity contribution in [1.82, 2.24) is 0 Å². The van der Waals surface area contributed by atoms with Gasteiger partial charge in [-0.05, 0) is 12.1 Å². The topological polar surface area (TPSA) is 81.8 Å². The third-order valence-electron chi connectivity index (χ3n) is 2.53. The summed E-state index contributed by atoms with van der Waals surface area (Å²) in [6.07, 6.45) is 0. The molecule has 0 spiro atoms. The largest absolute Gasteiger partial charge is 0.365 e. The number of carbonyl (C=O) groups excluding carboxylic acids is 1. The first-order valence-electron chi connectivity index (χ1n) is 5.82. The summed E-state index contributed by atoms with van der Waals surface area (Å²) in [6, 6.07) is 13.8. The number of nitro groups is 1. The van der Waals surface area contributed by atoms with E-state index in [2.05, 4.69) is 5.16 Å². The molecule has 0 unspecified atom stereocenters. The molecule has 0 amide bonds. The average molecular weight is 305 g/mol. The highest BCUT2D eigenvalue weighted by Crippen LogP contribution is 2.13. The lowest BCUT2D eigenvalue weighted by Crippen LogP contribution is -2.03. The van der Waals surface area contributed by atoms with Crippen LogP contribution in [0.1, 0.15) is 15.9 Å². The van der Waals surface area contributed by atoms with Gasteiger partial charge in [0.05, 0.1) is 10.5 Å². The molecular weight excluding hydrogens is 296 g/mol. The van der Waals surface area contributed by atoms with Gasteiger partial charge in [0.2, 0.25) is 0 Å². The summed E-state index contributed by atoms with van der Waals surface area (Å²) in [5.74, 6) is -0.751. The highest BCUT2D eigenvalue weighted by molar-refractivity contribution is 6.69. The van der Waals surface area contributed by atoms with Crippen LogP contribution in [0.5, 0.6) is 0 Å². The second-order valence-corrected chi connectivity index (χ2v) is 4.29. The standard InChI is InChI=1S/C14H9ClN2O4/c15-13(10-4-2-1-3-5-10)16-21-14(18)11-6-8-12(9-7-11)17(19)20/h1-9H/b16-13-. The van der Waals surface area contributed by atoms with Gasteiger partial charge in [0.25, 0.3) is 5.69 Å². The zero-order valence-electron chi connectivity index (χ0n) is 10.6. The Bertz CT molecular complexity index is 684. The van der Waals surface area contributed by atoms with Crippen LogP contribution in [-0.4, -0.2) is 16.1 Å². The molecule has 7 heteroatoms. The lowest BCUT2D eigenvalue weighted by atomic mass is 10.2. The zero-order chi connectivity index (χ0) is 15.2. The first-order chi connectivity index (χ1) is 10.1. The molecule has 21 heavy (non-hydrogen) atoms. The quantitative estimate of drug-likeness (QED) is 0.375. The van der Waals surface area contributed by atoms with Crippen molar-refractivity contribution in [3.63, 3.8) is 0 Å². The van der Waals surface area contributed by atoms with Gasteiger partial charge >= 0.3 is 5.97 Å². The predicted molar refractivity (Wildman–Crippen MR) is 77.3 cm³/mol. The molecule has 2 rings (SSSR count). The Morgan fingerprint density at radius 2 is 1.67 bits per heavy atom. The van der Waals surface area contributed by atoms with Gasteiger partial charge < -0.3 is 4.84 Å². The minimum absolute atomic E-state index is 0.0332.